The predicted molar refractivity (Wildman–Crippen MR) is 152 cm³/mol. The number of amides is 2. The molecule has 0 bridgehead atoms. The Morgan fingerprint density at radius 1 is 1.08 bits per heavy atom. The summed E-state index contributed by atoms with van der Waals surface area (Å²) in [6.45, 7) is 6.71. The van der Waals surface area contributed by atoms with E-state index in [2.05, 4.69) is 21.2 Å². The van der Waals surface area contributed by atoms with Crippen LogP contribution >= 0.6 is 15.9 Å². The van der Waals surface area contributed by atoms with Crippen molar-refractivity contribution in [1.82, 2.24) is 14.5 Å². The maximum atomic E-state index is 13.9. The van der Waals surface area contributed by atoms with Crippen molar-refractivity contribution < 1.29 is 9.53 Å². The summed E-state index contributed by atoms with van der Waals surface area (Å²) in [4.78, 5) is 34.1. The van der Waals surface area contributed by atoms with E-state index < -0.39 is 6.04 Å². The average Bonchev–Trinajstić information content (AvgIpc) is 2.89. The zero-order valence-corrected chi connectivity index (χ0v) is 23.1. The molecule has 0 spiro atoms. The highest BCUT2D eigenvalue weighted by Gasteiger charge is 2.29. The van der Waals surface area contributed by atoms with Crippen molar-refractivity contribution in [3.8, 4) is 5.69 Å². The van der Waals surface area contributed by atoms with Gasteiger partial charge in [-0.15, -0.1) is 0 Å². The zero-order valence-electron chi connectivity index (χ0n) is 21.5. The summed E-state index contributed by atoms with van der Waals surface area (Å²) >= 11 is 3.43. The van der Waals surface area contributed by atoms with E-state index in [1.54, 1.807) is 22.6 Å². The fourth-order valence-corrected chi connectivity index (χ4v) is 4.61. The maximum absolute atomic E-state index is 13.9. The van der Waals surface area contributed by atoms with Crippen molar-refractivity contribution in [2.75, 3.05) is 25.6 Å². The number of carbonyl (C=O) groups is 1. The largest absolute Gasteiger partial charge is 0.383 e. The van der Waals surface area contributed by atoms with E-state index >= 15 is 0 Å². The van der Waals surface area contributed by atoms with Crippen LogP contribution in [0.15, 0.2) is 76.0 Å². The number of ether oxygens (including phenoxy) is 1. The molecule has 4 rings (SSSR count). The number of nitrogens with zero attached hydrogens (tertiary/aromatic N) is 3. The minimum absolute atomic E-state index is 0.165. The van der Waals surface area contributed by atoms with Gasteiger partial charge in [0.1, 0.15) is 5.82 Å². The molecular weight excluding hydrogens is 532 g/mol. The number of benzene rings is 3. The third-order valence-electron chi connectivity index (χ3n) is 6.50. The number of hydrogen-bond donors (Lipinski definition) is 1. The van der Waals surface area contributed by atoms with Gasteiger partial charge in [0.2, 0.25) is 0 Å². The standard InChI is InChI=1S/C29H31BrN4O3/c1-5-26(33(16-17-37-4)29(36)31-22-13-11-21(30)12-14-22)27-32-25-9-7-6-8-24(25)28(35)34(27)23-15-10-19(2)20(3)18-23/h6-15,18,26H,5,16-17H2,1-4H3,(H,31,36). The lowest BCUT2D eigenvalue weighted by atomic mass is 10.1. The van der Waals surface area contributed by atoms with Crippen LogP contribution in [0.2, 0.25) is 0 Å². The van der Waals surface area contributed by atoms with Gasteiger partial charge in [0, 0.05) is 23.8 Å². The Morgan fingerprint density at radius 3 is 2.49 bits per heavy atom. The molecule has 192 valence electrons. The summed E-state index contributed by atoms with van der Waals surface area (Å²) in [5, 5.41) is 3.52. The molecule has 0 aliphatic carbocycles. The van der Waals surface area contributed by atoms with E-state index in [1.807, 2.05) is 81.4 Å². The SMILES string of the molecule is CCC(c1nc2ccccc2c(=O)n1-c1ccc(C)c(C)c1)N(CCOC)C(=O)Nc1ccc(Br)cc1. The molecule has 1 aromatic heterocycles. The summed E-state index contributed by atoms with van der Waals surface area (Å²) in [6.07, 6.45) is 0.549. The Labute approximate surface area is 225 Å². The monoisotopic (exact) mass is 562 g/mol. The summed E-state index contributed by atoms with van der Waals surface area (Å²) < 4.78 is 7.91. The molecule has 0 saturated carbocycles. The van der Waals surface area contributed by atoms with E-state index in [1.165, 1.54) is 0 Å². The minimum Gasteiger partial charge on any atom is -0.383 e. The zero-order chi connectivity index (χ0) is 26.5. The van der Waals surface area contributed by atoms with Crippen molar-refractivity contribution in [2.45, 2.75) is 33.2 Å². The van der Waals surface area contributed by atoms with Crippen molar-refractivity contribution in [1.29, 1.82) is 0 Å². The van der Waals surface area contributed by atoms with E-state index in [0.29, 0.717) is 42.0 Å². The molecule has 37 heavy (non-hydrogen) atoms. The number of carbonyl (C=O) groups excluding carboxylic acids is 1. The van der Waals surface area contributed by atoms with Crippen molar-refractivity contribution in [2.24, 2.45) is 0 Å². The molecule has 0 fully saturated rings. The highest BCUT2D eigenvalue weighted by molar-refractivity contribution is 9.10. The average molecular weight is 563 g/mol. The van der Waals surface area contributed by atoms with Crippen LogP contribution in [0.4, 0.5) is 10.5 Å². The molecule has 4 aromatic rings. The van der Waals surface area contributed by atoms with E-state index in [4.69, 9.17) is 9.72 Å². The number of rotatable bonds is 8. The first-order valence-corrected chi connectivity index (χ1v) is 13.0. The van der Waals surface area contributed by atoms with Gasteiger partial charge in [-0.05, 0) is 79.9 Å². The van der Waals surface area contributed by atoms with E-state index in [9.17, 15) is 9.59 Å². The van der Waals surface area contributed by atoms with Crippen LogP contribution in [0.3, 0.4) is 0 Å². The number of aromatic nitrogens is 2. The van der Waals surface area contributed by atoms with Crippen LogP contribution in [0, 0.1) is 13.8 Å². The van der Waals surface area contributed by atoms with Gasteiger partial charge in [0.05, 0.1) is 29.2 Å². The first-order valence-electron chi connectivity index (χ1n) is 12.3. The number of aryl methyl sites for hydroxylation is 2. The number of methoxy groups -OCH3 is 1. The molecule has 0 aliphatic rings. The van der Waals surface area contributed by atoms with Crippen molar-refractivity contribution in [3.05, 3.63) is 98.5 Å². The van der Waals surface area contributed by atoms with Gasteiger partial charge in [0.15, 0.2) is 0 Å². The Hall–Kier alpha value is -3.49. The molecular formula is C29H31BrN4O3. The molecule has 0 saturated heterocycles. The molecule has 1 unspecified atom stereocenters. The number of nitrogens with one attached hydrogen (secondary N) is 1. The second kappa shape index (κ2) is 11.7. The Morgan fingerprint density at radius 2 is 1.81 bits per heavy atom. The fraction of sp³-hybridized carbons (Fsp3) is 0.276. The molecule has 8 heteroatoms. The molecule has 1 atom stereocenters. The lowest BCUT2D eigenvalue weighted by Crippen LogP contribution is -2.42. The summed E-state index contributed by atoms with van der Waals surface area (Å²) in [5.41, 5.74) is 4.03. The quantitative estimate of drug-likeness (QED) is 0.269. The lowest BCUT2D eigenvalue weighted by Gasteiger charge is -2.32. The predicted octanol–water partition coefficient (Wildman–Crippen LogP) is 6.40. The van der Waals surface area contributed by atoms with E-state index in [0.717, 1.165) is 21.3 Å². The summed E-state index contributed by atoms with van der Waals surface area (Å²) in [5.74, 6) is 0.511. The number of fused-ring (bicyclic) bond motifs is 1. The van der Waals surface area contributed by atoms with Crippen molar-refractivity contribution in [3.63, 3.8) is 0 Å². The van der Waals surface area contributed by atoms with Gasteiger partial charge < -0.3 is 15.0 Å². The maximum Gasteiger partial charge on any atom is 0.322 e. The van der Waals surface area contributed by atoms with Gasteiger partial charge in [-0.2, -0.15) is 0 Å². The summed E-state index contributed by atoms with van der Waals surface area (Å²) in [6, 6.07) is 19.9. The van der Waals surface area contributed by atoms with Gasteiger partial charge in [-0.25, -0.2) is 9.78 Å². The molecule has 0 aliphatic heterocycles. The van der Waals surface area contributed by atoms with Gasteiger partial charge in [0.25, 0.3) is 5.56 Å². The second-order valence-electron chi connectivity index (χ2n) is 8.94. The number of anilines is 1. The topological polar surface area (TPSA) is 76.5 Å². The van der Waals surface area contributed by atoms with Crippen LogP contribution in [0.1, 0.15) is 36.3 Å². The Bertz CT molecular complexity index is 1470. The Balaban J connectivity index is 1.87. The molecule has 3 aromatic carbocycles. The smallest absolute Gasteiger partial charge is 0.322 e. The highest BCUT2D eigenvalue weighted by Crippen LogP contribution is 2.27. The number of urea groups is 1. The van der Waals surface area contributed by atoms with Crippen molar-refractivity contribution >= 4 is 38.6 Å². The molecule has 7 nitrogen and oxygen atoms in total. The third kappa shape index (κ3) is 5.76. The fourth-order valence-electron chi connectivity index (χ4n) is 4.35. The van der Waals surface area contributed by atoms with Gasteiger partial charge in [-0.3, -0.25) is 9.36 Å². The molecule has 1 N–H and O–H groups in total. The van der Waals surface area contributed by atoms with Crippen LogP contribution in [0.5, 0.6) is 0 Å². The number of halogens is 1. The van der Waals surface area contributed by atoms with Gasteiger partial charge in [-0.1, -0.05) is 41.1 Å². The van der Waals surface area contributed by atoms with Crippen LogP contribution < -0.4 is 10.9 Å². The summed E-state index contributed by atoms with van der Waals surface area (Å²) in [7, 11) is 1.60. The second-order valence-corrected chi connectivity index (χ2v) is 9.86. The molecule has 0 radical (unpaired) electrons. The normalized spacial score (nSPS) is 11.9. The minimum atomic E-state index is -0.482. The third-order valence-corrected chi connectivity index (χ3v) is 7.03. The first kappa shape index (κ1) is 26.6. The lowest BCUT2D eigenvalue weighted by molar-refractivity contribution is 0.131. The number of para-hydroxylation sites is 1. The van der Waals surface area contributed by atoms with Crippen LogP contribution in [-0.4, -0.2) is 40.7 Å². The van der Waals surface area contributed by atoms with Crippen LogP contribution in [-0.2, 0) is 4.74 Å². The van der Waals surface area contributed by atoms with Gasteiger partial charge >= 0.3 is 6.03 Å². The van der Waals surface area contributed by atoms with Crippen LogP contribution in [0.25, 0.3) is 16.6 Å². The molecule has 2 amide bonds. The highest BCUT2D eigenvalue weighted by atomic mass is 79.9. The Kier molecular flexibility index (Phi) is 8.41. The first-order chi connectivity index (χ1) is 17.8. The van der Waals surface area contributed by atoms with E-state index in [-0.39, 0.29) is 11.6 Å². The number of hydrogen-bond acceptors (Lipinski definition) is 4. The molecule has 1 heterocycles.